The van der Waals surface area contributed by atoms with E-state index >= 15 is 0 Å². The van der Waals surface area contributed by atoms with Crippen LogP contribution in [0.4, 0.5) is 0 Å². The average Bonchev–Trinajstić information content (AvgIpc) is 3.37. The summed E-state index contributed by atoms with van der Waals surface area (Å²) in [4.78, 5) is 4.61. The molecule has 0 atom stereocenters. The zero-order chi connectivity index (χ0) is 18.6. The zero-order valence-corrected chi connectivity index (χ0v) is 15.5. The summed E-state index contributed by atoms with van der Waals surface area (Å²) in [5.41, 5.74) is 4.62. The van der Waals surface area contributed by atoms with E-state index in [4.69, 9.17) is 4.42 Å². The molecule has 4 heteroatoms. The van der Waals surface area contributed by atoms with E-state index in [9.17, 15) is 5.26 Å². The van der Waals surface area contributed by atoms with Gasteiger partial charge < -0.3 is 4.42 Å². The lowest BCUT2D eigenvalue weighted by molar-refractivity contribution is 0.572. The maximum absolute atomic E-state index is 9.58. The molecule has 2 aromatic heterocycles. The highest BCUT2D eigenvalue weighted by molar-refractivity contribution is 7.11. The Morgan fingerprint density at radius 1 is 1.00 bits per heavy atom. The fraction of sp³-hybridized carbons (Fsp3) is 0.0435. The van der Waals surface area contributed by atoms with Gasteiger partial charge >= 0.3 is 0 Å². The van der Waals surface area contributed by atoms with Crippen molar-refractivity contribution in [3.05, 3.63) is 88.4 Å². The Bertz CT molecular complexity index is 1130. The topological polar surface area (TPSA) is 49.8 Å². The van der Waals surface area contributed by atoms with E-state index in [0.717, 1.165) is 22.6 Å². The SMILES string of the molecule is Cc1ccc(-c2ccc(/C=C(\C#N)c3nc(-c4ccccc4)cs3)o2)cc1. The average molecular weight is 368 g/mol. The van der Waals surface area contributed by atoms with Crippen LogP contribution in [0.2, 0.25) is 0 Å². The maximum atomic E-state index is 9.58. The summed E-state index contributed by atoms with van der Waals surface area (Å²) in [5.74, 6) is 1.42. The van der Waals surface area contributed by atoms with Crippen molar-refractivity contribution in [2.24, 2.45) is 0 Å². The molecular formula is C23H16N2OS. The quantitative estimate of drug-likeness (QED) is 0.389. The third kappa shape index (κ3) is 3.74. The molecule has 2 aromatic carbocycles. The number of thiazole rings is 1. The van der Waals surface area contributed by atoms with E-state index in [1.54, 1.807) is 6.08 Å². The highest BCUT2D eigenvalue weighted by atomic mass is 32.1. The fourth-order valence-corrected chi connectivity index (χ4v) is 3.52. The van der Waals surface area contributed by atoms with Crippen LogP contribution >= 0.6 is 11.3 Å². The lowest BCUT2D eigenvalue weighted by Crippen LogP contribution is -1.82. The van der Waals surface area contributed by atoms with Crippen LogP contribution in [-0.4, -0.2) is 4.98 Å². The molecule has 0 radical (unpaired) electrons. The summed E-state index contributed by atoms with van der Waals surface area (Å²) in [7, 11) is 0. The number of furan rings is 1. The third-order valence-corrected chi connectivity index (χ3v) is 5.05. The standard InChI is InChI=1S/C23H16N2OS/c1-16-7-9-18(10-8-16)22-12-11-20(26-22)13-19(14-24)23-25-21(15-27-23)17-5-3-2-4-6-17/h2-13,15H,1H3/b19-13+. The first-order valence-corrected chi connectivity index (χ1v) is 9.41. The Labute approximate surface area is 161 Å². The minimum Gasteiger partial charge on any atom is -0.457 e. The molecular weight excluding hydrogens is 352 g/mol. The third-order valence-electron chi connectivity index (χ3n) is 4.17. The summed E-state index contributed by atoms with van der Waals surface area (Å²) in [6, 6.07) is 24.1. The van der Waals surface area contributed by atoms with Crippen molar-refractivity contribution in [2.45, 2.75) is 6.92 Å². The lowest BCUT2D eigenvalue weighted by Gasteiger charge is -1.97. The Hall–Kier alpha value is -3.42. The van der Waals surface area contributed by atoms with Crippen molar-refractivity contribution in [1.29, 1.82) is 5.26 Å². The Kier molecular flexibility index (Phi) is 4.69. The van der Waals surface area contributed by atoms with E-state index in [-0.39, 0.29) is 0 Å². The Morgan fingerprint density at radius 2 is 1.78 bits per heavy atom. The van der Waals surface area contributed by atoms with Crippen molar-refractivity contribution >= 4 is 23.0 Å². The van der Waals surface area contributed by atoms with Gasteiger partial charge in [0.1, 0.15) is 22.6 Å². The zero-order valence-electron chi connectivity index (χ0n) is 14.7. The molecule has 0 spiro atoms. The van der Waals surface area contributed by atoms with Crippen LogP contribution in [0.3, 0.4) is 0 Å². The first kappa shape index (κ1) is 17.0. The summed E-state index contributed by atoms with van der Waals surface area (Å²) in [6.45, 7) is 2.05. The summed E-state index contributed by atoms with van der Waals surface area (Å²) in [5, 5.41) is 12.2. The van der Waals surface area contributed by atoms with Crippen LogP contribution in [0.1, 0.15) is 16.3 Å². The second-order valence-electron chi connectivity index (χ2n) is 6.14. The molecule has 0 N–H and O–H groups in total. The van der Waals surface area contributed by atoms with Crippen LogP contribution in [0, 0.1) is 18.3 Å². The molecule has 0 aliphatic carbocycles. The number of hydrogen-bond donors (Lipinski definition) is 0. The van der Waals surface area contributed by atoms with Crippen LogP contribution in [0.5, 0.6) is 0 Å². The summed E-state index contributed by atoms with van der Waals surface area (Å²) in [6.07, 6.45) is 1.74. The molecule has 0 saturated carbocycles. The van der Waals surface area contributed by atoms with Crippen molar-refractivity contribution in [3.63, 3.8) is 0 Å². The number of aromatic nitrogens is 1. The first-order chi connectivity index (χ1) is 13.2. The maximum Gasteiger partial charge on any atom is 0.134 e. The van der Waals surface area contributed by atoms with Gasteiger partial charge in [0, 0.05) is 22.6 Å². The van der Waals surface area contributed by atoms with Crippen molar-refractivity contribution in [3.8, 4) is 28.7 Å². The number of allylic oxidation sites excluding steroid dienone is 1. The molecule has 4 aromatic rings. The highest BCUT2D eigenvalue weighted by Gasteiger charge is 2.10. The van der Waals surface area contributed by atoms with Gasteiger partial charge in [-0.3, -0.25) is 0 Å². The van der Waals surface area contributed by atoms with E-state index in [0.29, 0.717) is 16.3 Å². The molecule has 0 aliphatic rings. The fourth-order valence-electron chi connectivity index (χ4n) is 2.73. The number of benzene rings is 2. The van der Waals surface area contributed by atoms with E-state index in [2.05, 4.69) is 30.1 Å². The number of rotatable bonds is 4. The number of aryl methyl sites for hydroxylation is 1. The molecule has 0 aliphatic heterocycles. The molecule has 130 valence electrons. The summed E-state index contributed by atoms with van der Waals surface area (Å²) < 4.78 is 5.90. The van der Waals surface area contributed by atoms with Crippen LogP contribution < -0.4 is 0 Å². The van der Waals surface area contributed by atoms with Gasteiger partial charge in [0.2, 0.25) is 0 Å². The van der Waals surface area contributed by atoms with Gasteiger partial charge in [0.15, 0.2) is 0 Å². The molecule has 4 rings (SSSR count). The predicted molar refractivity (Wildman–Crippen MR) is 110 cm³/mol. The first-order valence-electron chi connectivity index (χ1n) is 8.53. The van der Waals surface area contributed by atoms with Crippen molar-refractivity contribution in [2.75, 3.05) is 0 Å². The lowest BCUT2D eigenvalue weighted by atomic mass is 10.1. The molecule has 2 heterocycles. The summed E-state index contributed by atoms with van der Waals surface area (Å²) >= 11 is 1.46. The predicted octanol–water partition coefficient (Wildman–Crippen LogP) is 6.44. The molecule has 0 fully saturated rings. The Morgan fingerprint density at radius 3 is 2.52 bits per heavy atom. The van der Waals surface area contributed by atoms with Crippen LogP contribution in [-0.2, 0) is 0 Å². The van der Waals surface area contributed by atoms with Crippen molar-refractivity contribution in [1.82, 2.24) is 4.98 Å². The monoisotopic (exact) mass is 368 g/mol. The molecule has 0 bridgehead atoms. The largest absolute Gasteiger partial charge is 0.457 e. The van der Waals surface area contributed by atoms with E-state index in [1.165, 1.54) is 16.9 Å². The minimum atomic E-state index is 0.493. The second-order valence-corrected chi connectivity index (χ2v) is 7.00. The molecule has 27 heavy (non-hydrogen) atoms. The highest BCUT2D eigenvalue weighted by Crippen LogP contribution is 2.29. The van der Waals surface area contributed by atoms with Gasteiger partial charge in [-0.2, -0.15) is 5.26 Å². The van der Waals surface area contributed by atoms with E-state index in [1.807, 2.05) is 60.0 Å². The van der Waals surface area contributed by atoms with Gasteiger partial charge in [-0.15, -0.1) is 11.3 Å². The molecule has 3 nitrogen and oxygen atoms in total. The van der Waals surface area contributed by atoms with Gasteiger partial charge in [-0.1, -0.05) is 60.2 Å². The Balaban J connectivity index is 1.62. The normalized spacial score (nSPS) is 11.3. The number of hydrogen-bond acceptors (Lipinski definition) is 4. The number of nitriles is 1. The molecule has 0 amide bonds. The van der Waals surface area contributed by atoms with E-state index < -0.39 is 0 Å². The van der Waals surface area contributed by atoms with Crippen LogP contribution in [0.15, 0.2) is 76.5 Å². The second kappa shape index (κ2) is 7.45. The van der Waals surface area contributed by atoms with Gasteiger partial charge in [-0.25, -0.2) is 4.98 Å². The van der Waals surface area contributed by atoms with Gasteiger partial charge in [0.25, 0.3) is 0 Å². The minimum absolute atomic E-state index is 0.493. The molecule has 0 saturated heterocycles. The van der Waals surface area contributed by atoms with Gasteiger partial charge in [-0.05, 0) is 19.1 Å². The molecule has 0 unspecified atom stereocenters. The van der Waals surface area contributed by atoms with Crippen molar-refractivity contribution < 1.29 is 4.42 Å². The smallest absolute Gasteiger partial charge is 0.134 e. The van der Waals surface area contributed by atoms with Gasteiger partial charge in [0.05, 0.1) is 11.3 Å². The van der Waals surface area contributed by atoms with Crippen LogP contribution in [0.25, 0.3) is 34.2 Å². The number of nitrogens with zero attached hydrogens (tertiary/aromatic N) is 2.